The van der Waals surface area contributed by atoms with E-state index in [1.54, 1.807) is 18.6 Å². The molecule has 0 aromatic carbocycles. The highest BCUT2D eigenvalue weighted by atomic mass is 79.9. The van der Waals surface area contributed by atoms with E-state index < -0.39 is 0 Å². The van der Waals surface area contributed by atoms with E-state index in [0.717, 1.165) is 15.7 Å². The van der Waals surface area contributed by atoms with Gasteiger partial charge in [-0.05, 0) is 39.7 Å². The molecule has 1 unspecified atom stereocenters. The molecule has 0 saturated heterocycles. The van der Waals surface area contributed by atoms with Gasteiger partial charge >= 0.3 is 0 Å². The fraction of sp³-hybridized carbons (Fsp3) is 0.182. The van der Waals surface area contributed by atoms with Gasteiger partial charge in [0.05, 0.1) is 6.20 Å². The summed E-state index contributed by atoms with van der Waals surface area (Å²) in [6.07, 6.45) is 5.79. The van der Waals surface area contributed by atoms with Gasteiger partial charge in [0.1, 0.15) is 0 Å². The van der Waals surface area contributed by atoms with Crippen molar-refractivity contribution in [3.63, 3.8) is 0 Å². The molecule has 2 N–H and O–H groups in total. The van der Waals surface area contributed by atoms with Gasteiger partial charge in [-0.15, -0.1) is 0 Å². The van der Waals surface area contributed by atoms with Crippen LogP contribution in [0.5, 0.6) is 0 Å². The maximum atomic E-state index is 6.05. The molecule has 0 radical (unpaired) electrons. The standard InChI is InChI=1S/C11H11BrN4/c12-9-1-2-10(14-7-9)5-11(13)8-3-4-15-16-6-8/h1-4,6-7,11H,5,13H2. The van der Waals surface area contributed by atoms with Crippen molar-refractivity contribution in [1.29, 1.82) is 0 Å². The van der Waals surface area contributed by atoms with Crippen LogP contribution in [-0.4, -0.2) is 15.2 Å². The lowest BCUT2D eigenvalue weighted by molar-refractivity contribution is 0.698. The number of halogens is 1. The van der Waals surface area contributed by atoms with Gasteiger partial charge in [-0.3, -0.25) is 4.98 Å². The van der Waals surface area contributed by atoms with Crippen LogP contribution in [0.25, 0.3) is 0 Å². The van der Waals surface area contributed by atoms with Crippen molar-refractivity contribution in [3.8, 4) is 0 Å². The fourth-order valence-corrected chi connectivity index (χ4v) is 1.63. The van der Waals surface area contributed by atoms with Crippen molar-refractivity contribution in [3.05, 3.63) is 52.5 Å². The van der Waals surface area contributed by atoms with E-state index in [2.05, 4.69) is 31.1 Å². The van der Waals surface area contributed by atoms with E-state index in [-0.39, 0.29) is 6.04 Å². The smallest absolute Gasteiger partial charge is 0.0544 e. The summed E-state index contributed by atoms with van der Waals surface area (Å²) < 4.78 is 0.968. The lowest BCUT2D eigenvalue weighted by atomic mass is 10.1. The minimum Gasteiger partial charge on any atom is -0.324 e. The van der Waals surface area contributed by atoms with Crippen molar-refractivity contribution >= 4 is 15.9 Å². The van der Waals surface area contributed by atoms with Crippen LogP contribution in [0.2, 0.25) is 0 Å². The van der Waals surface area contributed by atoms with Crippen molar-refractivity contribution < 1.29 is 0 Å². The Hall–Kier alpha value is -1.33. The Balaban J connectivity index is 2.08. The van der Waals surface area contributed by atoms with E-state index in [9.17, 15) is 0 Å². The molecule has 0 bridgehead atoms. The van der Waals surface area contributed by atoms with E-state index in [4.69, 9.17) is 5.73 Å². The summed E-state index contributed by atoms with van der Waals surface area (Å²) in [7, 11) is 0. The molecule has 0 amide bonds. The van der Waals surface area contributed by atoms with Crippen LogP contribution in [0.15, 0.2) is 41.3 Å². The summed E-state index contributed by atoms with van der Waals surface area (Å²) in [6.45, 7) is 0. The van der Waals surface area contributed by atoms with Crippen LogP contribution in [0, 0.1) is 0 Å². The SMILES string of the molecule is NC(Cc1ccc(Br)cn1)c1ccnnc1. The Morgan fingerprint density at radius 1 is 1.19 bits per heavy atom. The normalized spacial score (nSPS) is 12.4. The van der Waals surface area contributed by atoms with E-state index >= 15 is 0 Å². The van der Waals surface area contributed by atoms with Gasteiger partial charge in [0, 0.05) is 35.0 Å². The second kappa shape index (κ2) is 5.14. The first-order valence-corrected chi connectivity index (χ1v) is 5.67. The molecule has 4 nitrogen and oxygen atoms in total. The molecular weight excluding hydrogens is 268 g/mol. The average molecular weight is 279 g/mol. The van der Waals surface area contributed by atoms with Gasteiger partial charge in [0.25, 0.3) is 0 Å². The van der Waals surface area contributed by atoms with Crippen molar-refractivity contribution in [2.75, 3.05) is 0 Å². The Morgan fingerprint density at radius 3 is 2.69 bits per heavy atom. The van der Waals surface area contributed by atoms with Crippen molar-refractivity contribution in [2.45, 2.75) is 12.5 Å². The molecule has 16 heavy (non-hydrogen) atoms. The predicted octanol–water partition coefficient (Wildman–Crippen LogP) is 1.88. The third-order valence-electron chi connectivity index (χ3n) is 2.25. The number of nitrogens with two attached hydrogens (primary N) is 1. The predicted molar refractivity (Wildman–Crippen MR) is 64.6 cm³/mol. The summed E-state index contributed by atoms with van der Waals surface area (Å²) in [5, 5.41) is 7.52. The lowest BCUT2D eigenvalue weighted by Gasteiger charge is -2.10. The first-order valence-electron chi connectivity index (χ1n) is 4.88. The second-order valence-corrected chi connectivity index (χ2v) is 4.37. The summed E-state index contributed by atoms with van der Waals surface area (Å²) in [4.78, 5) is 4.28. The summed E-state index contributed by atoms with van der Waals surface area (Å²) >= 11 is 3.34. The van der Waals surface area contributed by atoms with Gasteiger partial charge in [-0.25, -0.2) is 0 Å². The van der Waals surface area contributed by atoms with Crippen molar-refractivity contribution in [1.82, 2.24) is 15.2 Å². The number of pyridine rings is 1. The van der Waals surface area contributed by atoms with Crippen LogP contribution >= 0.6 is 15.9 Å². The van der Waals surface area contributed by atoms with Gasteiger partial charge < -0.3 is 5.73 Å². The molecule has 82 valence electrons. The van der Waals surface area contributed by atoms with Crippen LogP contribution in [0.3, 0.4) is 0 Å². The maximum absolute atomic E-state index is 6.05. The molecule has 0 spiro atoms. The summed E-state index contributed by atoms with van der Waals surface area (Å²) in [6, 6.07) is 5.69. The first-order chi connectivity index (χ1) is 7.75. The van der Waals surface area contributed by atoms with E-state index in [1.165, 1.54) is 0 Å². The maximum Gasteiger partial charge on any atom is 0.0544 e. The number of rotatable bonds is 3. The van der Waals surface area contributed by atoms with Crippen molar-refractivity contribution in [2.24, 2.45) is 5.73 Å². The molecule has 0 aliphatic heterocycles. The quantitative estimate of drug-likeness (QED) is 0.931. The Bertz CT molecular complexity index is 443. The van der Waals surface area contributed by atoms with Crippen LogP contribution in [-0.2, 0) is 6.42 Å². The highest BCUT2D eigenvalue weighted by molar-refractivity contribution is 9.10. The number of aromatic nitrogens is 3. The van der Waals surface area contributed by atoms with Gasteiger partial charge in [0.2, 0.25) is 0 Å². The third-order valence-corrected chi connectivity index (χ3v) is 2.72. The molecule has 0 fully saturated rings. The molecule has 2 rings (SSSR count). The largest absolute Gasteiger partial charge is 0.324 e. The zero-order valence-electron chi connectivity index (χ0n) is 8.55. The highest BCUT2D eigenvalue weighted by Gasteiger charge is 2.07. The van der Waals surface area contributed by atoms with E-state index in [0.29, 0.717) is 6.42 Å². The topological polar surface area (TPSA) is 64.7 Å². The first kappa shape index (κ1) is 11.2. The van der Waals surface area contributed by atoms with Crippen LogP contribution in [0.1, 0.15) is 17.3 Å². The number of hydrogen-bond acceptors (Lipinski definition) is 4. The molecule has 2 heterocycles. The molecule has 2 aromatic heterocycles. The minimum absolute atomic E-state index is 0.0934. The molecule has 5 heteroatoms. The average Bonchev–Trinajstić information content (AvgIpc) is 2.33. The number of nitrogens with zero attached hydrogens (tertiary/aromatic N) is 3. The monoisotopic (exact) mass is 278 g/mol. The Kier molecular flexibility index (Phi) is 3.58. The Morgan fingerprint density at radius 2 is 2.06 bits per heavy atom. The zero-order chi connectivity index (χ0) is 11.4. The second-order valence-electron chi connectivity index (χ2n) is 3.45. The third kappa shape index (κ3) is 2.84. The minimum atomic E-state index is -0.0934. The summed E-state index contributed by atoms with van der Waals surface area (Å²) in [5.74, 6) is 0. The zero-order valence-corrected chi connectivity index (χ0v) is 10.1. The summed E-state index contributed by atoms with van der Waals surface area (Å²) in [5.41, 5.74) is 7.98. The molecule has 0 saturated carbocycles. The van der Waals surface area contributed by atoms with E-state index in [1.807, 2.05) is 18.2 Å². The number of hydrogen-bond donors (Lipinski definition) is 1. The van der Waals surface area contributed by atoms with Crippen LogP contribution in [0.4, 0.5) is 0 Å². The fourth-order valence-electron chi connectivity index (χ4n) is 1.39. The highest BCUT2D eigenvalue weighted by Crippen LogP contribution is 2.14. The Labute approximate surface area is 102 Å². The van der Waals surface area contributed by atoms with Gasteiger partial charge in [0.15, 0.2) is 0 Å². The van der Waals surface area contributed by atoms with Gasteiger partial charge in [-0.1, -0.05) is 0 Å². The lowest BCUT2D eigenvalue weighted by Crippen LogP contribution is -2.14. The molecule has 0 aliphatic rings. The van der Waals surface area contributed by atoms with Gasteiger partial charge in [-0.2, -0.15) is 10.2 Å². The molecular formula is C11H11BrN4. The molecule has 2 aromatic rings. The molecule has 0 aliphatic carbocycles. The molecule has 1 atom stereocenters. The van der Waals surface area contributed by atoms with Crippen LogP contribution < -0.4 is 5.73 Å².